The van der Waals surface area contributed by atoms with E-state index in [0.29, 0.717) is 0 Å². The van der Waals surface area contributed by atoms with Crippen LogP contribution in [-0.2, 0) is 10.8 Å². The van der Waals surface area contributed by atoms with E-state index in [1.807, 2.05) is 0 Å². The second-order valence-corrected chi connectivity index (χ2v) is 19.2. The molecule has 2 spiro atoms. The number of anilines is 3. The quantitative estimate of drug-likeness (QED) is 0.169. The van der Waals surface area contributed by atoms with Gasteiger partial charge < -0.3 is 4.90 Å². The largest absolute Gasteiger partial charge is 0.310 e. The summed E-state index contributed by atoms with van der Waals surface area (Å²) in [6, 6.07) is 63.1. The molecule has 0 aliphatic heterocycles. The highest BCUT2D eigenvalue weighted by molar-refractivity contribution is 5.93. The van der Waals surface area contributed by atoms with Crippen LogP contribution in [0.5, 0.6) is 0 Å². The fourth-order valence-electron chi connectivity index (χ4n) is 14.4. The molecule has 7 aliphatic carbocycles. The Kier molecular flexibility index (Phi) is 7.49. The molecule has 288 valence electrons. The molecule has 0 atom stereocenters. The first-order valence-electron chi connectivity index (χ1n) is 22.7. The molecule has 0 saturated heterocycles. The Labute approximate surface area is 349 Å². The van der Waals surface area contributed by atoms with Crippen LogP contribution >= 0.6 is 0 Å². The van der Waals surface area contributed by atoms with Crippen molar-refractivity contribution in [1.29, 1.82) is 0 Å². The monoisotopic (exact) mass is 761 g/mol. The molecule has 7 aromatic rings. The van der Waals surface area contributed by atoms with E-state index >= 15 is 0 Å². The van der Waals surface area contributed by atoms with Gasteiger partial charge in [-0.3, -0.25) is 0 Å². The van der Waals surface area contributed by atoms with Crippen molar-refractivity contribution in [3.05, 3.63) is 186 Å². The number of hydrogen-bond acceptors (Lipinski definition) is 1. The van der Waals surface area contributed by atoms with Crippen LogP contribution in [0.4, 0.5) is 17.1 Å². The highest BCUT2D eigenvalue weighted by atomic mass is 15.1. The normalized spacial score (nSPS) is 24.8. The predicted molar refractivity (Wildman–Crippen MR) is 245 cm³/mol. The van der Waals surface area contributed by atoms with Crippen LogP contribution in [0.15, 0.2) is 164 Å². The highest BCUT2D eigenvalue weighted by Crippen LogP contribution is 2.69. The fourth-order valence-corrected chi connectivity index (χ4v) is 14.4. The Balaban J connectivity index is 0.930. The standard InChI is InChI=1S/C58H51N/c1-3-15-45(16-4-1)59(46-17-13-14-40(35-46)41-24-26-50-48-19-5-8-21-52(48)57(55(50)37-41)28-11-2-12-29-57)56-23-10-7-18-47(56)42-25-27-54-51(36-42)49-20-6-9-22-53(49)58(54)43-31-38-30-39(33-43)34-44(58)32-38/h1,3-10,13-27,35-39,43-44H,2,11-12,28-34H2. The molecule has 14 rings (SSSR count). The van der Waals surface area contributed by atoms with Crippen molar-refractivity contribution < 1.29 is 0 Å². The lowest BCUT2D eigenvalue weighted by molar-refractivity contribution is -0.0399. The molecular weight excluding hydrogens is 711 g/mol. The average molecular weight is 762 g/mol. The van der Waals surface area contributed by atoms with E-state index in [4.69, 9.17) is 0 Å². The van der Waals surface area contributed by atoms with Gasteiger partial charge in [-0.25, -0.2) is 0 Å². The molecule has 0 aromatic heterocycles. The van der Waals surface area contributed by atoms with Crippen molar-refractivity contribution in [2.45, 2.75) is 75.0 Å². The van der Waals surface area contributed by atoms with Gasteiger partial charge in [-0.1, -0.05) is 141 Å². The molecule has 0 unspecified atom stereocenters. The summed E-state index contributed by atoms with van der Waals surface area (Å²) in [5.41, 5.74) is 21.2. The maximum atomic E-state index is 2.57. The van der Waals surface area contributed by atoms with E-state index in [1.54, 1.807) is 22.3 Å². The van der Waals surface area contributed by atoms with Gasteiger partial charge in [-0.05, 0) is 172 Å². The van der Waals surface area contributed by atoms with E-state index in [0.717, 1.165) is 23.7 Å². The lowest BCUT2D eigenvalue weighted by Gasteiger charge is -2.61. The first kappa shape index (κ1) is 34.2. The number of benzene rings is 7. The van der Waals surface area contributed by atoms with Crippen LogP contribution < -0.4 is 4.90 Å². The summed E-state index contributed by atoms with van der Waals surface area (Å²) in [5.74, 6) is 3.44. The third-order valence-electron chi connectivity index (χ3n) is 16.4. The van der Waals surface area contributed by atoms with Crippen LogP contribution in [0.3, 0.4) is 0 Å². The van der Waals surface area contributed by atoms with E-state index in [2.05, 4.69) is 169 Å². The van der Waals surface area contributed by atoms with Crippen molar-refractivity contribution in [3.63, 3.8) is 0 Å². The summed E-state index contributed by atoms with van der Waals surface area (Å²) >= 11 is 0. The number of nitrogens with zero attached hydrogens (tertiary/aromatic N) is 1. The predicted octanol–water partition coefficient (Wildman–Crippen LogP) is 15.4. The Morgan fingerprint density at radius 1 is 0.373 bits per heavy atom. The number of fused-ring (bicyclic) bond motifs is 8. The maximum Gasteiger partial charge on any atom is 0.0540 e. The number of hydrogen-bond donors (Lipinski definition) is 0. The first-order chi connectivity index (χ1) is 29.2. The Morgan fingerprint density at radius 2 is 0.966 bits per heavy atom. The second-order valence-electron chi connectivity index (χ2n) is 19.2. The zero-order valence-corrected chi connectivity index (χ0v) is 33.9. The minimum atomic E-state index is 0.138. The maximum absolute atomic E-state index is 2.57. The SMILES string of the molecule is c1ccc(N(c2cccc(-c3ccc4c(c3)C3(CCCCC3)c3ccccc3-4)c2)c2ccccc2-c2ccc3c(c2)-c2ccccc2C32C3CC4CC(C3)CC2C4)cc1. The van der Waals surface area contributed by atoms with Crippen LogP contribution in [0.2, 0.25) is 0 Å². The first-order valence-corrected chi connectivity index (χ1v) is 22.7. The molecular formula is C58H51N. The Bertz CT molecular complexity index is 2760. The van der Waals surface area contributed by atoms with E-state index < -0.39 is 0 Å². The van der Waals surface area contributed by atoms with Crippen molar-refractivity contribution in [3.8, 4) is 44.5 Å². The average Bonchev–Trinajstić information content (AvgIpc) is 3.73. The van der Waals surface area contributed by atoms with Crippen LogP contribution in [-0.4, -0.2) is 0 Å². The van der Waals surface area contributed by atoms with Crippen molar-refractivity contribution in [2.24, 2.45) is 23.7 Å². The lowest BCUT2D eigenvalue weighted by Crippen LogP contribution is -2.55. The molecule has 0 radical (unpaired) electrons. The van der Waals surface area contributed by atoms with Gasteiger partial charge in [0.05, 0.1) is 5.69 Å². The van der Waals surface area contributed by atoms with Gasteiger partial charge in [0.1, 0.15) is 0 Å². The number of rotatable bonds is 5. The summed E-state index contributed by atoms with van der Waals surface area (Å²) in [4.78, 5) is 2.49. The van der Waals surface area contributed by atoms with Gasteiger partial charge in [0.2, 0.25) is 0 Å². The minimum Gasteiger partial charge on any atom is -0.310 e. The summed E-state index contributed by atoms with van der Waals surface area (Å²) in [5, 5.41) is 0. The zero-order valence-electron chi connectivity index (χ0n) is 33.9. The molecule has 0 N–H and O–H groups in total. The van der Waals surface area contributed by atoms with E-state index in [-0.39, 0.29) is 10.8 Å². The van der Waals surface area contributed by atoms with Gasteiger partial charge in [0, 0.05) is 27.8 Å². The highest BCUT2D eigenvalue weighted by Gasteiger charge is 2.61. The Hall–Kier alpha value is -5.66. The molecule has 5 saturated carbocycles. The minimum absolute atomic E-state index is 0.138. The van der Waals surface area contributed by atoms with E-state index in [9.17, 15) is 0 Å². The molecule has 59 heavy (non-hydrogen) atoms. The molecule has 0 amide bonds. The van der Waals surface area contributed by atoms with Gasteiger partial charge in [-0.2, -0.15) is 0 Å². The fraction of sp³-hybridized carbons (Fsp3) is 0.276. The molecule has 5 fully saturated rings. The zero-order chi connectivity index (χ0) is 38.7. The van der Waals surface area contributed by atoms with Gasteiger partial charge in [0.15, 0.2) is 0 Å². The van der Waals surface area contributed by atoms with Crippen LogP contribution in [0.1, 0.15) is 86.5 Å². The van der Waals surface area contributed by atoms with E-state index in [1.165, 1.54) is 126 Å². The number of para-hydroxylation sites is 2. The van der Waals surface area contributed by atoms with Gasteiger partial charge in [0.25, 0.3) is 0 Å². The smallest absolute Gasteiger partial charge is 0.0540 e. The summed E-state index contributed by atoms with van der Waals surface area (Å²) in [6.45, 7) is 0. The third-order valence-corrected chi connectivity index (χ3v) is 16.4. The molecule has 0 heterocycles. The Morgan fingerprint density at radius 3 is 1.75 bits per heavy atom. The topological polar surface area (TPSA) is 3.24 Å². The van der Waals surface area contributed by atoms with Crippen molar-refractivity contribution >= 4 is 17.1 Å². The van der Waals surface area contributed by atoms with Gasteiger partial charge >= 0.3 is 0 Å². The van der Waals surface area contributed by atoms with Crippen molar-refractivity contribution in [2.75, 3.05) is 4.90 Å². The molecule has 1 heteroatoms. The molecule has 7 aromatic carbocycles. The summed E-state index contributed by atoms with van der Waals surface area (Å²) in [6.07, 6.45) is 13.6. The second kappa shape index (κ2) is 12.9. The van der Waals surface area contributed by atoms with Gasteiger partial charge in [-0.15, -0.1) is 0 Å². The van der Waals surface area contributed by atoms with Crippen LogP contribution in [0, 0.1) is 23.7 Å². The third kappa shape index (κ3) is 4.85. The summed E-state index contributed by atoms with van der Waals surface area (Å²) in [7, 11) is 0. The lowest BCUT2D eigenvalue weighted by atomic mass is 9.43. The summed E-state index contributed by atoms with van der Waals surface area (Å²) < 4.78 is 0. The van der Waals surface area contributed by atoms with Crippen molar-refractivity contribution in [1.82, 2.24) is 0 Å². The molecule has 7 aliphatic rings. The molecule has 4 bridgehead atoms. The van der Waals surface area contributed by atoms with Crippen LogP contribution in [0.25, 0.3) is 44.5 Å². The molecule has 1 nitrogen and oxygen atoms in total.